The lowest BCUT2D eigenvalue weighted by molar-refractivity contribution is -0.167. The molecule has 468 valence electrons. The van der Waals surface area contributed by atoms with Gasteiger partial charge in [0.05, 0.1) is 0 Å². The van der Waals surface area contributed by atoms with Crippen molar-refractivity contribution in [3.05, 3.63) is 48.6 Å². The maximum Gasteiger partial charge on any atom is 0.306 e. The van der Waals surface area contributed by atoms with E-state index in [9.17, 15) is 14.4 Å². The molecule has 0 aliphatic heterocycles. The maximum absolute atomic E-state index is 12.9. The van der Waals surface area contributed by atoms with E-state index in [1.165, 1.54) is 270 Å². The number of allylic oxidation sites excluding steroid dienone is 8. The fourth-order valence-electron chi connectivity index (χ4n) is 10.6. The zero-order valence-electron chi connectivity index (χ0n) is 53.9. The van der Waals surface area contributed by atoms with Crippen LogP contribution in [0.1, 0.15) is 387 Å². The Kier molecular flexibility index (Phi) is 66.6. The molecule has 0 spiro atoms. The summed E-state index contributed by atoms with van der Waals surface area (Å²) in [6.07, 6.45) is 87.3. The van der Waals surface area contributed by atoms with E-state index < -0.39 is 6.10 Å². The van der Waals surface area contributed by atoms with Crippen molar-refractivity contribution in [3.63, 3.8) is 0 Å². The third kappa shape index (κ3) is 66.2. The van der Waals surface area contributed by atoms with Gasteiger partial charge in [-0.15, -0.1) is 0 Å². The number of carbonyl (C=O) groups is 3. The number of rotatable bonds is 66. The summed E-state index contributed by atoms with van der Waals surface area (Å²) in [5, 5.41) is 0. The third-order valence-electron chi connectivity index (χ3n) is 16.0. The monoisotopic (exact) mass is 1120 g/mol. The highest BCUT2D eigenvalue weighted by molar-refractivity contribution is 5.71. The van der Waals surface area contributed by atoms with Crippen LogP contribution in [0.5, 0.6) is 0 Å². The minimum Gasteiger partial charge on any atom is -0.462 e. The summed E-state index contributed by atoms with van der Waals surface area (Å²) in [5.41, 5.74) is 0. The molecule has 0 amide bonds. The summed E-state index contributed by atoms with van der Waals surface area (Å²) >= 11 is 0. The number of unbranched alkanes of at least 4 members (excludes halogenated alkanes) is 47. The van der Waals surface area contributed by atoms with Crippen LogP contribution in [0.2, 0.25) is 0 Å². The number of carbonyl (C=O) groups excluding carboxylic acids is 3. The lowest BCUT2D eigenvalue weighted by Crippen LogP contribution is -2.30. The number of hydrogen-bond donors (Lipinski definition) is 0. The van der Waals surface area contributed by atoms with Gasteiger partial charge in [0.15, 0.2) is 6.10 Å². The van der Waals surface area contributed by atoms with Crippen molar-refractivity contribution in [1.29, 1.82) is 0 Å². The second kappa shape index (κ2) is 68.9. The quantitative estimate of drug-likeness (QED) is 0.0261. The Morgan fingerprint density at radius 1 is 0.250 bits per heavy atom. The van der Waals surface area contributed by atoms with Gasteiger partial charge in [-0.3, -0.25) is 14.4 Å². The fourth-order valence-corrected chi connectivity index (χ4v) is 10.6. The molecule has 0 N–H and O–H groups in total. The Morgan fingerprint density at radius 2 is 0.450 bits per heavy atom. The Bertz CT molecular complexity index is 1380. The molecule has 0 bridgehead atoms. The van der Waals surface area contributed by atoms with Crippen LogP contribution in [0.25, 0.3) is 0 Å². The molecule has 0 aliphatic carbocycles. The lowest BCUT2D eigenvalue weighted by Gasteiger charge is -2.18. The molecular formula is C74H136O6. The van der Waals surface area contributed by atoms with Gasteiger partial charge < -0.3 is 14.2 Å². The van der Waals surface area contributed by atoms with E-state index >= 15 is 0 Å². The van der Waals surface area contributed by atoms with Crippen molar-refractivity contribution < 1.29 is 28.6 Å². The SMILES string of the molecule is CCCCCC/C=C\CCCCCCCC(=O)OCC(COC(=O)CCCCCCCCCCCCCCCCCCCCCCC/C=C\C/C=C\CCCCCCC)OC(=O)CCCCCCC/C=C\CCCCCCCCC. The van der Waals surface area contributed by atoms with Gasteiger partial charge in [-0.05, 0) is 103 Å². The van der Waals surface area contributed by atoms with Gasteiger partial charge in [0.2, 0.25) is 0 Å². The molecule has 0 fully saturated rings. The maximum atomic E-state index is 12.9. The van der Waals surface area contributed by atoms with Crippen LogP contribution in [0.15, 0.2) is 48.6 Å². The molecule has 6 heteroatoms. The highest BCUT2D eigenvalue weighted by Crippen LogP contribution is 2.18. The Hall–Kier alpha value is -2.63. The van der Waals surface area contributed by atoms with Gasteiger partial charge in [-0.2, -0.15) is 0 Å². The van der Waals surface area contributed by atoms with E-state index in [-0.39, 0.29) is 31.1 Å². The molecule has 1 atom stereocenters. The van der Waals surface area contributed by atoms with Crippen molar-refractivity contribution in [1.82, 2.24) is 0 Å². The predicted octanol–water partition coefficient (Wildman–Crippen LogP) is 24.5. The highest BCUT2D eigenvalue weighted by atomic mass is 16.6. The first-order chi connectivity index (χ1) is 39.5. The molecule has 0 heterocycles. The minimum absolute atomic E-state index is 0.0747. The molecular weight excluding hydrogens is 985 g/mol. The van der Waals surface area contributed by atoms with Crippen LogP contribution >= 0.6 is 0 Å². The molecule has 0 aromatic rings. The van der Waals surface area contributed by atoms with Crippen LogP contribution < -0.4 is 0 Å². The molecule has 0 saturated heterocycles. The molecule has 0 saturated carbocycles. The smallest absolute Gasteiger partial charge is 0.306 e. The molecule has 0 aromatic heterocycles. The van der Waals surface area contributed by atoms with Crippen molar-refractivity contribution in [2.75, 3.05) is 13.2 Å². The van der Waals surface area contributed by atoms with Crippen LogP contribution in [0, 0.1) is 0 Å². The summed E-state index contributed by atoms with van der Waals surface area (Å²) < 4.78 is 16.9. The molecule has 0 aliphatic rings. The average molecular weight is 1120 g/mol. The van der Waals surface area contributed by atoms with Gasteiger partial charge in [-0.1, -0.05) is 313 Å². The largest absolute Gasteiger partial charge is 0.462 e. The second-order valence-electron chi connectivity index (χ2n) is 24.1. The topological polar surface area (TPSA) is 78.9 Å². The number of ether oxygens (including phenoxy) is 3. The van der Waals surface area contributed by atoms with Gasteiger partial charge in [0, 0.05) is 19.3 Å². The van der Waals surface area contributed by atoms with E-state index in [2.05, 4.69) is 69.4 Å². The first-order valence-electron chi connectivity index (χ1n) is 35.6. The number of esters is 3. The minimum atomic E-state index is -0.779. The molecule has 80 heavy (non-hydrogen) atoms. The van der Waals surface area contributed by atoms with Gasteiger partial charge in [0.25, 0.3) is 0 Å². The molecule has 6 nitrogen and oxygen atoms in total. The number of hydrogen-bond acceptors (Lipinski definition) is 6. The van der Waals surface area contributed by atoms with Crippen LogP contribution in [-0.4, -0.2) is 37.2 Å². The molecule has 0 radical (unpaired) electrons. The van der Waals surface area contributed by atoms with Crippen LogP contribution in [-0.2, 0) is 28.6 Å². The van der Waals surface area contributed by atoms with Gasteiger partial charge in [0.1, 0.15) is 13.2 Å². The van der Waals surface area contributed by atoms with Gasteiger partial charge >= 0.3 is 17.9 Å². The van der Waals surface area contributed by atoms with Crippen molar-refractivity contribution in [3.8, 4) is 0 Å². The summed E-state index contributed by atoms with van der Waals surface area (Å²) in [7, 11) is 0. The van der Waals surface area contributed by atoms with Crippen LogP contribution in [0.3, 0.4) is 0 Å². The molecule has 1 unspecified atom stereocenters. The highest BCUT2D eigenvalue weighted by Gasteiger charge is 2.19. The van der Waals surface area contributed by atoms with E-state index in [0.717, 1.165) is 77.0 Å². The molecule has 0 aromatic carbocycles. The molecule has 0 rings (SSSR count). The summed E-state index contributed by atoms with van der Waals surface area (Å²) in [6.45, 7) is 6.65. The van der Waals surface area contributed by atoms with Crippen molar-refractivity contribution in [2.45, 2.75) is 393 Å². The standard InChI is InChI=1S/C74H136O6/c1-4-7-10-13-16-19-22-25-27-29-30-31-32-33-34-35-36-37-38-39-40-41-42-43-44-45-47-49-52-55-58-61-64-67-73(76)79-70-71(69-78-72(75)66-63-60-57-54-51-48-24-21-18-15-12-9-6-3)80-74(77)68-65-62-59-56-53-50-46-28-26-23-20-17-14-11-8-5-2/h21-22,24-25,28-30,46,71H,4-20,23,26-27,31-45,47-70H2,1-3H3/b24-21-,25-22-,30-29-,46-28-. The van der Waals surface area contributed by atoms with Crippen molar-refractivity contribution >= 4 is 17.9 Å². The summed E-state index contributed by atoms with van der Waals surface area (Å²) in [5.74, 6) is -0.869. The normalized spacial score (nSPS) is 12.3. The third-order valence-corrected chi connectivity index (χ3v) is 16.0. The first kappa shape index (κ1) is 77.4. The lowest BCUT2D eigenvalue weighted by atomic mass is 10.0. The summed E-state index contributed by atoms with van der Waals surface area (Å²) in [6, 6.07) is 0. The van der Waals surface area contributed by atoms with E-state index in [1.807, 2.05) is 0 Å². The second-order valence-corrected chi connectivity index (χ2v) is 24.1. The van der Waals surface area contributed by atoms with Crippen LogP contribution in [0.4, 0.5) is 0 Å². The van der Waals surface area contributed by atoms with E-state index in [0.29, 0.717) is 19.3 Å². The van der Waals surface area contributed by atoms with Crippen molar-refractivity contribution in [2.24, 2.45) is 0 Å². The van der Waals surface area contributed by atoms with Gasteiger partial charge in [-0.25, -0.2) is 0 Å². The average Bonchev–Trinajstić information content (AvgIpc) is 3.46. The summed E-state index contributed by atoms with van der Waals surface area (Å²) in [4.78, 5) is 38.3. The Morgan fingerprint density at radius 3 is 0.713 bits per heavy atom. The van der Waals surface area contributed by atoms with E-state index in [1.54, 1.807) is 0 Å². The first-order valence-corrected chi connectivity index (χ1v) is 35.6. The zero-order valence-corrected chi connectivity index (χ0v) is 53.9. The van der Waals surface area contributed by atoms with E-state index in [4.69, 9.17) is 14.2 Å². The predicted molar refractivity (Wildman–Crippen MR) is 349 cm³/mol. The fraction of sp³-hybridized carbons (Fsp3) is 0.851. The Labute approximate surface area is 498 Å². The zero-order chi connectivity index (χ0) is 57.8. The Balaban J connectivity index is 4.11.